The molecule has 6 heteroatoms. The van der Waals surface area contributed by atoms with Gasteiger partial charge in [0.25, 0.3) is 0 Å². The highest BCUT2D eigenvalue weighted by Gasteiger charge is 2.31. The van der Waals surface area contributed by atoms with Crippen LogP contribution in [0.5, 0.6) is 0 Å². The summed E-state index contributed by atoms with van der Waals surface area (Å²) in [6.07, 6.45) is 0.815. The fraction of sp³-hybridized carbons (Fsp3) is 0.417. The molecule has 0 saturated heterocycles. The summed E-state index contributed by atoms with van der Waals surface area (Å²) >= 11 is 0. The van der Waals surface area contributed by atoms with Gasteiger partial charge in [0.2, 0.25) is 10.0 Å². The van der Waals surface area contributed by atoms with E-state index in [4.69, 9.17) is 5.11 Å². The second-order valence-electron chi connectivity index (χ2n) is 4.62. The molecule has 1 aromatic rings. The minimum atomic E-state index is -3.80. The predicted octanol–water partition coefficient (Wildman–Crippen LogP) is 1.10. The van der Waals surface area contributed by atoms with Crippen molar-refractivity contribution in [2.75, 3.05) is 16.6 Å². The summed E-state index contributed by atoms with van der Waals surface area (Å²) in [4.78, 5) is 10.6. The first kappa shape index (κ1) is 12.9. The Hall–Kier alpha value is -1.56. The van der Waals surface area contributed by atoms with Crippen molar-refractivity contribution < 1.29 is 18.3 Å². The van der Waals surface area contributed by atoms with Gasteiger partial charge < -0.3 is 5.11 Å². The van der Waals surface area contributed by atoms with Gasteiger partial charge in [-0.15, -0.1) is 0 Å². The summed E-state index contributed by atoms with van der Waals surface area (Å²) in [5.74, 6) is -2.01. The number of hydrogen-bond donors (Lipinski definition) is 1. The van der Waals surface area contributed by atoms with Crippen LogP contribution < -0.4 is 4.31 Å². The van der Waals surface area contributed by atoms with Crippen LogP contribution in [-0.2, 0) is 21.2 Å². The number of carboxylic acids is 1. The summed E-state index contributed by atoms with van der Waals surface area (Å²) in [5, 5.41) is 8.69. The molecule has 0 amide bonds. The van der Waals surface area contributed by atoms with E-state index in [0.29, 0.717) is 12.2 Å². The van der Waals surface area contributed by atoms with E-state index in [2.05, 4.69) is 0 Å². The molecule has 0 aliphatic carbocycles. The van der Waals surface area contributed by atoms with E-state index in [0.717, 1.165) is 12.0 Å². The molecule has 0 aromatic heterocycles. The van der Waals surface area contributed by atoms with Crippen LogP contribution in [0.2, 0.25) is 0 Å². The predicted molar refractivity (Wildman–Crippen MR) is 68.1 cm³/mol. The highest BCUT2D eigenvalue weighted by molar-refractivity contribution is 7.93. The zero-order valence-corrected chi connectivity index (χ0v) is 10.9. The van der Waals surface area contributed by atoms with Crippen LogP contribution >= 0.6 is 0 Å². The lowest BCUT2D eigenvalue weighted by atomic mass is 9.96. The fourth-order valence-electron chi connectivity index (χ4n) is 2.25. The number of carbonyl (C=O) groups is 1. The summed E-state index contributed by atoms with van der Waals surface area (Å²) in [5.41, 5.74) is 1.56. The van der Waals surface area contributed by atoms with Crippen molar-refractivity contribution in [1.29, 1.82) is 0 Å². The van der Waals surface area contributed by atoms with Crippen LogP contribution in [0.25, 0.3) is 0 Å². The van der Waals surface area contributed by atoms with Crippen molar-refractivity contribution in [3.05, 3.63) is 29.8 Å². The Bertz CT molecular complexity index is 567. The molecular formula is C12H15NO4S. The number of sulfonamides is 1. The molecule has 5 nitrogen and oxygen atoms in total. The van der Waals surface area contributed by atoms with Crippen molar-refractivity contribution in [1.82, 2.24) is 0 Å². The van der Waals surface area contributed by atoms with E-state index in [-0.39, 0.29) is 5.92 Å². The average molecular weight is 269 g/mol. The van der Waals surface area contributed by atoms with Crippen LogP contribution in [-0.4, -0.2) is 31.8 Å². The second-order valence-corrected chi connectivity index (χ2v) is 6.51. The van der Waals surface area contributed by atoms with Gasteiger partial charge >= 0.3 is 5.97 Å². The summed E-state index contributed by atoms with van der Waals surface area (Å²) < 4.78 is 25.3. The van der Waals surface area contributed by atoms with Gasteiger partial charge in [-0.2, -0.15) is 0 Å². The van der Waals surface area contributed by atoms with Crippen LogP contribution in [0.15, 0.2) is 24.3 Å². The number of rotatable bonds is 3. The topological polar surface area (TPSA) is 74.7 Å². The number of aliphatic carboxylic acids is 1. The molecule has 0 bridgehead atoms. The Morgan fingerprint density at radius 2 is 2.11 bits per heavy atom. The highest BCUT2D eigenvalue weighted by Crippen LogP contribution is 2.31. The minimum Gasteiger partial charge on any atom is -0.480 e. The van der Waals surface area contributed by atoms with Crippen molar-refractivity contribution in [2.45, 2.75) is 13.3 Å². The number of fused-ring (bicyclic) bond motifs is 1. The molecule has 1 unspecified atom stereocenters. The largest absolute Gasteiger partial charge is 0.480 e. The molecule has 98 valence electrons. The lowest BCUT2D eigenvalue weighted by Gasteiger charge is -2.33. The Morgan fingerprint density at radius 1 is 1.44 bits per heavy atom. The van der Waals surface area contributed by atoms with Crippen LogP contribution in [0.3, 0.4) is 0 Å². The molecule has 2 rings (SSSR count). The molecule has 0 radical (unpaired) electrons. The van der Waals surface area contributed by atoms with E-state index >= 15 is 0 Å². The van der Waals surface area contributed by atoms with Crippen molar-refractivity contribution in [2.24, 2.45) is 5.92 Å². The normalized spacial score (nSPS) is 19.4. The Kier molecular flexibility index (Phi) is 3.30. The molecule has 0 spiro atoms. The third kappa shape index (κ3) is 2.48. The molecule has 0 fully saturated rings. The zero-order chi connectivity index (χ0) is 13.3. The molecule has 1 aliphatic heterocycles. The molecule has 1 N–H and O–H groups in total. The van der Waals surface area contributed by atoms with E-state index in [1.54, 1.807) is 12.1 Å². The first-order valence-electron chi connectivity index (χ1n) is 5.70. The fourth-order valence-corrected chi connectivity index (χ4v) is 3.67. The molecule has 1 aromatic carbocycles. The summed E-state index contributed by atoms with van der Waals surface area (Å²) in [6, 6.07) is 7.23. The second kappa shape index (κ2) is 4.61. The zero-order valence-electron chi connectivity index (χ0n) is 10.0. The Morgan fingerprint density at radius 3 is 2.78 bits per heavy atom. The third-order valence-corrected chi connectivity index (χ3v) is 4.58. The Labute approximate surface area is 106 Å². The SMILES string of the molecule is CC1Cc2ccccc2N(S(=O)(=O)CC(=O)O)C1. The smallest absolute Gasteiger partial charge is 0.320 e. The lowest BCUT2D eigenvalue weighted by molar-refractivity contribution is -0.134. The summed E-state index contributed by atoms with van der Waals surface area (Å²) in [7, 11) is -3.80. The first-order chi connectivity index (χ1) is 8.40. The van der Waals surface area contributed by atoms with Crippen molar-refractivity contribution in [3.63, 3.8) is 0 Å². The quantitative estimate of drug-likeness (QED) is 0.891. The van der Waals surface area contributed by atoms with Gasteiger partial charge in [0, 0.05) is 6.54 Å². The van der Waals surface area contributed by atoms with Gasteiger partial charge in [0.15, 0.2) is 5.75 Å². The standard InChI is InChI=1S/C12H15NO4S/c1-9-6-10-4-2-3-5-11(10)13(7-9)18(16,17)8-12(14)15/h2-5,9H,6-8H2,1H3,(H,14,15). The van der Waals surface area contributed by atoms with Gasteiger partial charge in [0.05, 0.1) is 5.69 Å². The maximum absolute atomic E-state index is 12.0. The molecular weight excluding hydrogens is 254 g/mol. The monoisotopic (exact) mass is 269 g/mol. The van der Waals surface area contributed by atoms with Crippen LogP contribution in [0.4, 0.5) is 5.69 Å². The average Bonchev–Trinajstić information content (AvgIpc) is 2.26. The van der Waals surface area contributed by atoms with Gasteiger partial charge in [-0.05, 0) is 24.0 Å². The van der Waals surface area contributed by atoms with Gasteiger partial charge in [-0.25, -0.2) is 8.42 Å². The number of nitrogens with zero attached hydrogens (tertiary/aromatic N) is 1. The third-order valence-electron chi connectivity index (χ3n) is 2.95. The van der Waals surface area contributed by atoms with Crippen molar-refractivity contribution in [3.8, 4) is 0 Å². The number of hydrogen-bond acceptors (Lipinski definition) is 3. The lowest BCUT2D eigenvalue weighted by Crippen LogP contribution is -2.41. The van der Waals surface area contributed by atoms with E-state index in [9.17, 15) is 13.2 Å². The maximum Gasteiger partial charge on any atom is 0.320 e. The molecule has 1 atom stereocenters. The van der Waals surface area contributed by atoms with E-state index in [1.807, 2.05) is 19.1 Å². The maximum atomic E-state index is 12.0. The first-order valence-corrected chi connectivity index (χ1v) is 7.31. The van der Waals surface area contributed by atoms with Gasteiger partial charge in [0.1, 0.15) is 0 Å². The van der Waals surface area contributed by atoms with E-state index < -0.39 is 21.7 Å². The van der Waals surface area contributed by atoms with Crippen LogP contribution in [0.1, 0.15) is 12.5 Å². The highest BCUT2D eigenvalue weighted by atomic mass is 32.2. The molecule has 1 heterocycles. The number of anilines is 1. The number of para-hydroxylation sites is 1. The summed E-state index contributed by atoms with van der Waals surface area (Å²) in [6.45, 7) is 2.30. The van der Waals surface area contributed by atoms with Gasteiger partial charge in [-0.3, -0.25) is 9.10 Å². The number of carboxylic acid groups (broad SMARTS) is 1. The van der Waals surface area contributed by atoms with E-state index in [1.165, 1.54) is 4.31 Å². The number of benzene rings is 1. The van der Waals surface area contributed by atoms with Gasteiger partial charge in [-0.1, -0.05) is 25.1 Å². The van der Waals surface area contributed by atoms with Crippen molar-refractivity contribution >= 4 is 21.7 Å². The Balaban J connectivity index is 2.43. The molecule has 0 saturated carbocycles. The molecule has 18 heavy (non-hydrogen) atoms. The van der Waals surface area contributed by atoms with Crippen LogP contribution in [0, 0.1) is 5.92 Å². The molecule has 1 aliphatic rings. The minimum absolute atomic E-state index is 0.184.